The Kier molecular flexibility index (Phi) is 12.9. The van der Waals surface area contributed by atoms with E-state index >= 15 is 0 Å². The fourth-order valence-electron chi connectivity index (χ4n) is 2.88. The first kappa shape index (κ1) is 23.7. The first-order chi connectivity index (χ1) is 13.2. The highest BCUT2D eigenvalue weighted by molar-refractivity contribution is 6.31. The minimum atomic E-state index is 0.185. The van der Waals surface area contributed by atoms with E-state index in [4.69, 9.17) is 21.1 Å². The Bertz CT molecular complexity index is 538. The first-order valence-corrected chi connectivity index (χ1v) is 10.0. The van der Waals surface area contributed by atoms with Gasteiger partial charge in [0.05, 0.1) is 19.3 Å². The molecule has 1 atom stereocenters. The smallest absolute Gasteiger partial charge is 0.191 e. The van der Waals surface area contributed by atoms with E-state index in [1.54, 1.807) is 14.2 Å². The van der Waals surface area contributed by atoms with Crippen LogP contribution in [0.2, 0.25) is 5.02 Å². The molecule has 0 aliphatic rings. The fraction of sp³-hybridized carbons (Fsp3) is 0.650. The van der Waals surface area contributed by atoms with Crippen molar-refractivity contribution in [2.24, 2.45) is 4.99 Å². The molecule has 0 aromatic heterocycles. The standard InChI is InChI=1S/C20H35ClN4O2/c1-5-25(6-2)19(17-10-7-8-11-18(17)21)16-24-20(22-3)23-12-9-13-27-15-14-26-4/h7-8,10-11,19H,5-6,9,12-16H2,1-4H3,(H2,22,23,24). The van der Waals surface area contributed by atoms with Crippen LogP contribution in [0.15, 0.2) is 29.3 Å². The van der Waals surface area contributed by atoms with Crippen LogP contribution in [0.25, 0.3) is 0 Å². The number of guanidine groups is 1. The van der Waals surface area contributed by atoms with Crippen LogP contribution in [-0.4, -0.2) is 71.0 Å². The average molecular weight is 399 g/mol. The van der Waals surface area contributed by atoms with Crippen LogP contribution in [0.3, 0.4) is 0 Å². The molecule has 27 heavy (non-hydrogen) atoms. The summed E-state index contributed by atoms with van der Waals surface area (Å²) in [6.45, 7) is 9.75. The van der Waals surface area contributed by atoms with Crippen LogP contribution in [0, 0.1) is 0 Å². The highest BCUT2D eigenvalue weighted by Crippen LogP contribution is 2.26. The van der Waals surface area contributed by atoms with Crippen molar-refractivity contribution < 1.29 is 9.47 Å². The van der Waals surface area contributed by atoms with Gasteiger partial charge in [0.2, 0.25) is 0 Å². The van der Waals surface area contributed by atoms with Gasteiger partial charge in [-0.3, -0.25) is 9.89 Å². The highest BCUT2D eigenvalue weighted by atomic mass is 35.5. The van der Waals surface area contributed by atoms with E-state index in [0.29, 0.717) is 19.8 Å². The molecule has 0 heterocycles. The maximum absolute atomic E-state index is 6.46. The molecule has 0 fully saturated rings. The summed E-state index contributed by atoms with van der Waals surface area (Å²) in [4.78, 5) is 6.71. The number of methoxy groups -OCH3 is 1. The van der Waals surface area contributed by atoms with Gasteiger partial charge < -0.3 is 20.1 Å². The number of nitrogens with zero attached hydrogens (tertiary/aromatic N) is 2. The molecule has 1 aromatic rings. The molecule has 6 nitrogen and oxygen atoms in total. The van der Waals surface area contributed by atoms with Crippen molar-refractivity contribution in [2.45, 2.75) is 26.3 Å². The normalized spacial score (nSPS) is 13.0. The molecular formula is C20H35ClN4O2. The lowest BCUT2D eigenvalue weighted by molar-refractivity contribution is 0.0698. The van der Waals surface area contributed by atoms with Crippen LogP contribution in [0.1, 0.15) is 31.9 Å². The van der Waals surface area contributed by atoms with Gasteiger partial charge in [0.25, 0.3) is 0 Å². The molecule has 0 saturated heterocycles. The lowest BCUT2D eigenvalue weighted by atomic mass is 10.0. The van der Waals surface area contributed by atoms with E-state index in [1.807, 2.05) is 18.2 Å². The van der Waals surface area contributed by atoms with Crippen molar-refractivity contribution in [3.8, 4) is 0 Å². The third-order valence-corrected chi connectivity index (χ3v) is 4.74. The van der Waals surface area contributed by atoms with Gasteiger partial charge in [0, 0.05) is 38.9 Å². The minimum absolute atomic E-state index is 0.185. The van der Waals surface area contributed by atoms with Gasteiger partial charge in [-0.05, 0) is 31.1 Å². The molecule has 0 saturated carbocycles. The molecule has 154 valence electrons. The molecule has 0 amide bonds. The van der Waals surface area contributed by atoms with Gasteiger partial charge in [-0.15, -0.1) is 0 Å². The second-order valence-electron chi connectivity index (χ2n) is 6.10. The third-order valence-electron chi connectivity index (χ3n) is 4.39. The molecular weight excluding hydrogens is 364 g/mol. The lowest BCUT2D eigenvalue weighted by Gasteiger charge is -2.31. The maximum atomic E-state index is 6.46. The van der Waals surface area contributed by atoms with Crippen molar-refractivity contribution in [1.82, 2.24) is 15.5 Å². The van der Waals surface area contributed by atoms with Crippen molar-refractivity contribution in [3.63, 3.8) is 0 Å². The Morgan fingerprint density at radius 1 is 1.15 bits per heavy atom. The van der Waals surface area contributed by atoms with Gasteiger partial charge in [0.15, 0.2) is 5.96 Å². The number of likely N-dealkylation sites (N-methyl/N-ethyl adjacent to an activating group) is 1. The summed E-state index contributed by atoms with van der Waals surface area (Å²) in [5.74, 6) is 0.788. The number of nitrogens with one attached hydrogen (secondary N) is 2. The minimum Gasteiger partial charge on any atom is -0.382 e. The topological polar surface area (TPSA) is 58.1 Å². The highest BCUT2D eigenvalue weighted by Gasteiger charge is 2.20. The zero-order valence-corrected chi connectivity index (χ0v) is 17.9. The molecule has 0 bridgehead atoms. The zero-order valence-electron chi connectivity index (χ0n) is 17.1. The summed E-state index contributed by atoms with van der Waals surface area (Å²) in [6.07, 6.45) is 0.911. The van der Waals surface area contributed by atoms with Crippen molar-refractivity contribution in [1.29, 1.82) is 0 Å². The number of hydrogen-bond donors (Lipinski definition) is 2. The number of hydrogen-bond acceptors (Lipinski definition) is 4. The largest absolute Gasteiger partial charge is 0.382 e. The van der Waals surface area contributed by atoms with Crippen LogP contribution >= 0.6 is 11.6 Å². The van der Waals surface area contributed by atoms with Crippen LogP contribution in [0.5, 0.6) is 0 Å². The molecule has 1 rings (SSSR count). The lowest BCUT2D eigenvalue weighted by Crippen LogP contribution is -2.43. The predicted molar refractivity (Wildman–Crippen MR) is 114 cm³/mol. The number of rotatable bonds is 13. The predicted octanol–water partition coefficient (Wildman–Crippen LogP) is 2.94. The first-order valence-electron chi connectivity index (χ1n) is 9.67. The van der Waals surface area contributed by atoms with Crippen LogP contribution in [-0.2, 0) is 9.47 Å². The number of ether oxygens (including phenoxy) is 2. The zero-order chi connectivity index (χ0) is 19.9. The molecule has 0 spiro atoms. The van der Waals surface area contributed by atoms with E-state index in [-0.39, 0.29) is 6.04 Å². The van der Waals surface area contributed by atoms with Crippen molar-refractivity contribution in [3.05, 3.63) is 34.9 Å². The fourth-order valence-corrected chi connectivity index (χ4v) is 3.15. The van der Waals surface area contributed by atoms with E-state index < -0.39 is 0 Å². The Labute approximate surface area is 169 Å². The summed E-state index contributed by atoms with van der Waals surface area (Å²) in [5, 5.41) is 7.56. The Balaban J connectivity index is 2.54. The molecule has 0 aliphatic carbocycles. The van der Waals surface area contributed by atoms with E-state index in [9.17, 15) is 0 Å². The van der Waals surface area contributed by atoms with Crippen LogP contribution < -0.4 is 10.6 Å². The summed E-state index contributed by atoms with van der Waals surface area (Å²) < 4.78 is 10.4. The van der Waals surface area contributed by atoms with Gasteiger partial charge in [-0.25, -0.2) is 0 Å². The van der Waals surface area contributed by atoms with E-state index in [0.717, 1.165) is 49.1 Å². The summed E-state index contributed by atoms with van der Waals surface area (Å²) >= 11 is 6.46. The molecule has 1 unspecified atom stereocenters. The molecule has 0 aliphatic heterocycles. The molecule has 2 N–H and O–H groups in total. The second-order valence-corrected chi connectivity index (χ2v) is 6.50. The van der Waals surface area contributed by atoms with E-state index in [2.05, 4.69) is 40.4 Å². The van der Waals surface area contributed by atoms with Gasteiger partial charge in [-0.1, -0.05) is 43.6 Å². The SMILES string of the molecule is CCN(CC)C(CNC(=NC)NCCCOCCOC)c1ccccc1Cl. The summed E-state index contributed by atoms with van der Waals surface area (Å²) in [6, 6.07) is 8.23. The number of aliphatic imine (C=N–C) groups is 1. The van der Waals surface area contributed by atoms with E-state index in [1.165, 1.54) is 0 Å². The monoisotopic (exact) mass is 398 g/mol. The average Bonchev–Trinajstić information content (AvgIpc) is 2.69. The third kappa shape index (κ3) is 8.93. The molecule has 0 radical (unpaired) electrons. The summed E-state index contributed by atoms with van der Waals surface area (Å²) in [7, 11) is 3.46. The molecule has 7 heteroatoms. The van der Waals surface area contributed by atoms with Crippen LogP contribution in [0.4, 0.5) is 0 Å². The Morgan fingerprint density at radius 3 is 2.52 bits per heavy atom. The number of halogens is 1. The van der Waals surface area contributed by atoms with Gasteiger partial charge in [0.1, 0.15) is 0 Å². The quantitative estimate of drug-likeness (QED) is 0.304. The Morgan fingerprint density at radius 2 is 1.89 bits per heavy atom. The number of benzene rings is 1. The maximum Gasteiger partial charge on any atom is 0.191 e. The van der Waals surface area contributed by atoms with Crippen molar-refractivity contribution in [2.75, 3.05) is 60.2 Å². The second kappa shape index (κ2) is 14.7. The summed E-state index contributed by atoms with van der Waals surface area (Å²) in [5.41, 5.74) is 1.14. The van der Waals surface area contributed by atoms with Crippen molar-refractivity contribution >= 4 is 17.6 Å². The van der Waals surface area contributed by atoms with Gasteiger partial charge >= 0.3 is 0 Å². The van der Waals surface area contributed by atoms with Gasteiger partial charge in [-0.2, -0.15) is 0 Å². The Hall–Kier alpha value is -1.34. The molecule has 1 aromatic carbocycles.